The zero-order chi connectivity index (χ0) is 13.9. The van der Waals surface area contributed by atoms with Gasteiger partial charge in [0.25, 0.3) is 0 Å². The minimum atomic E-state index is 0.258. The molecule has 0 radical (unpaired) electrons. The minimum absolute atomic E-state index is 0.258. The fourth-order valence-electron chi connectivity index (χ4n) is 2.98. The number of ether oxygens (including phenoxy) is 1. The largest absolute Gasteiger partial charge is 0.378 e. The minimum Gasteiger partial charge on any atom is -0.378 e. The van der Waals surface area contributed by atoms with Crippen molar-refractivity contribution >= 4 is 11.0 Å². The highest BCUT2D eigenvalue weighted by atomic mass is 16.5. The van der Waals surface area contributed by atoms with Gasteiger partial charge in [0.1, 0.15) is 5.82 Å². The second kappa shape index (κ2) is 5.94. The summed E-state index contributed by atoms with van der Waals surface area (Å²) >= 11 is 0. The molecule has 1 aliphatic rings. The van der Waals surface area contributed by atoms with Crippen LogP contribution in [0.1, 0.15) is 38.1 Å². The number of nitrogens with zero attached hydrogens (tertiary/aromatic N) is 2. The first-order valence-electron chi connectivity index (χ1n) is 7.52. The van der Waals surface area contributed by atoms with Crippen LogP contribution in [0, 0.1) is 0 Å². The zero-order valence-electron chi connectivity index (χ0n) is 12.3. The van der Waals surface area contributed by atoms with Crippen molar-refractivity contribution in [1.29, 1.82) is 0 Å². The predicted molar refractivity (Wildman–Crippen MR) is 80.7 cm³/mol. The highest BCUT2D eigenvalue weighted by Crippen LogP contribution is 2.20. The van der Waals surface area contributed by atoms with Crippen molar-refractivity contribution in [3.63, 3.8) is 0 Å². The Morgan fingerprint density at radius 3 is 3.05 bits per heavy atom. The molecule has 2 heterocycles. The third-order valence-corrected chi connectivity index (χ3v) is 4.15. The maximum Gasteiger partial charge on any atom is 0.126 e. The summed E-state index contributed by atoms with van der Waals surface area (Å²) in [6.45, 7) is 4.09. The molecular formula is C16H23N3O. The monoisotopic (exact) mass is 273 g/mol. The smallest absolute Gasteiger partial charge is 0.126 e. The molecule has 1 aliphatic heterocycles. The molecule has 1 fully saturated rings. The van der Waals surface area contributed by atoms with Crippen LogP contribution in [0.5, 0.6) is 0 Å². The first-order valence-corrected chi connectivity index (χ1v) is 7.52. The molecule has 1 N–H and O–H groups in total. The Balaban J connectivity index is 1.62. The standard InChI is InChI=1S/C16H23N3O/c1-12(17-10-9-13-6-5-11-20-13)16-18-14-7-3-4-8-15(14)19(16)2/h3-4,7-8,12-13,17H,5-6,9-11H2,1-2H3. The second-order valence-electron chi connectivity index (χ2n) is 5.62. The van der Waals surface area contributed by atoms with Gasteiger partial charge in [0.05, 0.1) is 23.2 Å². The second-order valence-corrected chi connectivity index (χ2v) is 5.62. The van der Waals surface area contributed by atoms with Gasteiger partial charge in [0.2, 0.25) is 0 Å². The van der Waals surface area contributed by atoms with Crippen LogP contribution in [-0.4, -0.2) is 28.8 Å². The molecule has 2 unspecified atom stereocenters. The number of hydrogen-bond donors (Lipinski definition) is 1. The highest BCUT2D eigenvalue weighted by molar-refractivity contribution is 5.75. The number of aryl methyl sites for hydroxylation is 1. The third-order valence-electron chi connectivity index (χ3n) is 4.15. The summed E-state index contributed by atoms with van der Waals surface area (Å²) in [5.74, 6) is 1.10. The maximum absolute atomic E-state index is 5.65. The summed E-state index contributed by atoms with van der Waals surface area (Å²) < 4.78 is 7.83. The Morgan fingerprint density at radius 1 is 1.45 bits per heavy atom. The van der Waals surface area contributed by atoms with Crippen LogP contribution in [0.25, 0.3) is 11.0 Å². The number of para-hydroxylation sites is 2. The van der Waals surface area contributed by atoms with Crippen molar-refractivity contribution in [3.8, 4) is 0 Å². The van der Waals surface area contributed by atoms with Gasteiger partial charge in [-0.25, -0.2) is 4.98 Å². The summed E-state index contributed by atoms with van der Waals surface area (Å²) in [4.78, 5) is 4.73. The Morgan fingerprint density at radius 2 is 2.30 bits per heavy atom. The van der Waals surface area contributed by atoms with Crippen molar-refractivity contribution in [3.05, 3.63) is 30.1 Å². The average molecular weight is 273 g/mol. The van der Waals surface area contributed by atoms with E-state index < -0.39 is 0 Å². The SMILES string of the molecule is CC(NCCC1CCCO1)c1nc2ccccc2n1C. The number of imidazole rings is 1. The van der Waals surface area contributed by atoms with Crippen LogP contribution in [0.2, 0.25) is 0 Å². The number of benzene rings is 1. The molecule has 0 aliphatic carbocycles. The molecular weight excluding hydrogens is 250 g/mol. The van der Waals surface area contributed by atoms with Crippen molar-refractivity contribution in [2.24, 2.45) is 7.05 Å². The lowest BCUT2D eigenvalue weighted by atomic mass is 10.2. The lowest BCUT2D eigenvalue weighted by Gasteiger charge is -2.15. The van der Waals surface area contributed by atoms with Gasteiger partial charge in [0.15, 0.2) is 0 Å². The van der Waals surface area contributed by atoms with Gasteiger partial charge in [-0.3, -0.25) is 0 Å². The highest BCUT2D eigenvalue weighted by Gasteiger charge is 2.17. The van der Waals surface area contributed by atoms with E-state index in [9.17, 15) is 0 Å². The average Bonchev–Trinajstić information content (AvgIpc) is 3.08. The van der Waals surface area contributed by atoms with Gasteiger partial charge in [-0.15, -0.1) is 0 Å². The van der Waals surface area contributed by atoms with Crippen LogP contribution in [0.4, 0.5) is 0 Å². The van der Waals surface area contributed by atoms with Gasteiger partial charge >= 0.3 is 0 Å². The summed E-state index contributed by atoms with van der Waals surface area (Å²) in [5, 5.41) is 3.56. The fourth-order valence-corrected chi connectivity index (χ4v) is 2.98. The molecule has 1 saturated heterocycles. The fraction of sp³-hybridized carbons (Fsp3) is 0.562. The van der Waals surface area contributed by atoms with E-state index in [1.165, 1.54) is 18.4 Å². The maximum atomic E-state index is 5.65. The molecule has 0 bridgehead atoms. The van der Waals surface area contributed by atoms with E-state index >= 15 is 0 Å². The van der Waals surface area contributed by atoms with Crippen molar-refractivity contribution in [2.45, 2.75) is 38.3 Å². The van der Waals surface area contributed by atoms with E-state index in [0.717, 1.165) is 30.9 Å². The van der Waals surface area contributed by atoms with Gasteiger partial charge < -0.3 is 14.6 Å². The van der Waals surface area contributed by atoms with Crippen LogP contribution >= 0.6 is 0 Å². The van der Waals surface area contributed by atoms with E-state index in [1.54, 1.807) is 0 Å². The van der Waals surface area contributed by atoms with Gasteiger partial charge in [-0.05, 0) is 44.9 Å². The quantitative estimate of drug-likeness (QED) is 0.910. The van der Waals surface area contributed by atoms with Crippen molar-refractivity contribution in [2.75, 3.05) is 13.2 Å². The third kappa shape index (κ3) is 2.72. The number of aromatic nitrogens is 2. The molecule has 4 nitrogen and oxygen atoms in total. The Kier molecular flexibility index (Phi) is 4.03. The molecule has 108 valence electrons. The number of rotatable bonds is 5. The first-order chi connectivity index (χ1) is 9.75. The van der Waals surface area contributed by atoms with Gasteiger partial charge in [0, 0.05) is 13.7 Å². The molecule has 0 spiro atoms. The molecule has 1 aromatic carbocycles. The number of fused-ring (bicyclic) bond motifs is 1. The lowest BCUT2D eigenvalue weighted by Crippen LogP contribution is -2.25. The Hall–Kier alpha value is -1.39. The number of nitrogens with one attached hydrogen (secondary N) is 1. The normalized spacial score (nSPS) is 20.6. The topological polar surface area (TPSA) is 39.1 Å². The van der Waals surface area contributed by atoms with E-state index in [4.69, 9.17) is 9.72 Å². The molecule has 1 aromatic heterocycles. The molecule has 3 rings (SSSR count). The number of hydrogen-bond acceptors (Lipinski definition) is 3. The van der Waals surface area contributed by atoms with Gasteiger partial charge in [-0.2, -0.15) is 0 Å². The first kappa shape index (κ1) is 13.6. The zero-order valence-corrected chi connectivity index (χ0v) is 12.3. The summed E-state index contributed by atoms with van der Waals surface area (Å²) in [7, 11) is 2.09. The summed E-state index contributed by atoms with van der Waals surface area (Å²) in [6.07, 6.45) is 3.97. The lowest BCUT2D eigenvalue weighted by molar-refractivity contribution is 0.103. The molecule has 20 heavy (non-hydrogen) atoms. The van der Waals surface area contributed by atoms with Crippen molar-refractivity contribution < 1.29 is 4.74 Å². The predicted octanol–water partition coefficient (Wildman–Crippen LogP) is 2.79. The van der Waals surface area contributed by atoms with Gasteiger partial charge in [-0.1, -0.05) is 12.1 Å². The van der Waals surface area contributed by atoms with Crippen LogP contribution < -0.4 is 5.32 Å². The van der Waals surface area contributed by atoms with Crippen LogP contribution in [0.3, 0.4) is 0 Å². The molecule has 2 aromatic rings. The van der Waals surface area contributed by atoms with Crippen molar-refractivity contribution in [1.82, 2.24) is 14.9 Å². The van der Waals surface area contributed by atoms with E-state index in [1.807, 2.05) is 6.07 Å². The molecule has 0 saturated carbocycles. The molecule has 2 atom stereocenters. The van der Waals surface area contributed by atoms with E-state index in [2.05, 4.69) is 42.1 Å². The van der Waals surface area contributed by atoms with Crippen LogP contribution in [-0.2, 0) is 11.8 Å². The van der Waals surface area contributed by atoms with E-state index in [0.29, 0.717) is 6.10 Å². The molecule has 4 heteroatoms. The van der Waals surface area contributed by atoms with Crippen LogP contribution in [0.15, 0.2) is 24.3 Å². The molecule has 0 amide bonds. The van der Waals surface area contributed by atoms with E-state index in [-0.39, 0.29) is 6.04 Å². The summed E-state index contributed by atoms with van der Waals surface area (Å²) in [5.41, 5.74) is 2.26. The summed E-state index contributed by atoms with van der Waals surface area (Å²) in [6, 6.07) is 8.54. The Labute approximate surface area is 120 Å². The Bertz CT molecular complexity index is 572.